The van der Waals surface area contributed by atoms with Crippen LogP contribution >= 0.6 is 0 Å². The van der Waals surface area contributed by atoms with Crippen molar-refractivity contribution in [2.45, 2.75) is 77.0 Å². The monoisotopic (exact) mass is 306 g/mol. The van der Waals surface area contributed by atoms with Crippen LogP contribution in [-0.4, -0.2) is 25.3 Å². The van der Waals surface area contributed by atoms with Gasteiger partial charge in [0.15, 0.2) is 0 Å². The number of halogens is 2. The van der Waals surface area contributed by atoms with Crippen LogP contribution in [0.1, 0.15) is 77.0 Å². The van der Waals surface area contributed by atoms with Crippen molar-refractivity contribution in [2.75, 3.05) is 13.3 Å². The molecule has 21 heavy (non-hydrogen) atoms. The molecular formula is C16H28F2O3. The lowest BCUT2D eigenvalue weighted by Gasteiger charge is -2.03. The minimum atomic E-state index is -0.470. The Labute approximate surface area is 126 Å². The molecule has 0 radical (unpaired) electrons. The van der Waals surface area contributed by atoms with Gasteiger partial charge in [0, 0.05) is 12.8 Å². The zero-order valence-electron chi connectivity index (χ0n) is 12.9. The molecule has 0 unspecified atom stereocenters. The van der Waals surface area contributed by atoms with Gasteiger partial charge in [0.1, 0.15) is 0 Å². The number of alkyl halides is 2. The number of ether oxygens (including phenoxy) is 1. The molecule has 0 aliphatic carbocycles. The second-order valence-electron chi connectivity index (χ2n) is 5.26. The number of hydrogen-bond acceptors (Lipinski definition) is 3. The van der Waals surface area contributed by atoms with E-state index in [1.165, 1.54) is 0 Å². The maximum atomic E-state index is 11.8. The molecule has 3 nitrogen and oxygen atoms in total. The van der Waals surface area contributed by atoms with Gasteiger partial charge in [0.25, 0.3) is 0 Å². The molecule has 0 aromatic rings. The van der Waals surface area contributed by atoms with Gasteiger partial charge >= 0.3 is 11.9 Å². The Bertz CT molecular complexity index is 244. The second kappa shape index (κ2) is 15.4. The summed E-state index contributed by atoms with van der Waals surface area (Å²) < 4.78 is 28.4. The zero-order chi connectivity index (χ0) is 15.8. The highest BCUT2D eigenvalue weighted by Crippen LogP contribution is 2.09. The van der Waals surface area contributed by atoms with Crippen molar-refractivity contribution in [3.8, 4) is 0 Å². The van der Waals surface area contributed by atoms with Crippen LogP contribution in [-0.2, 0) is 14.3 Å². The molecule has 124 valence electrons. The minimum absolute atomic E-state index is 0.248. The van der Waals surface area contributed by atoms with Crippen LogP contribution < -0.4 is 0 Å². The summed E-state index contributed by atoms with van der Waals surface area (Å²) in [5.41, 5.74) is 0. The summed E-state index contributed by atoms with van der Waals surface area (Å²) in [7, 11) is 0. The lowest BCUT2D eigenvalue weighted by molar-refractivity contribution is -0.159. The molecular weight excluding hydrogens is 278 g/mol. The van der Waals surface area contributed by atoms with Crippen LogP contribution in [0.25, 0.3) is 0 Å². The first kappa shape index (κ1) is 20.0. The Morgan fingerprint density at radius 2 is 0.905 bits per heavy atom. The SMILES string of the molecule is O=C(CCCCCCCF)OC(=O)CCCCCCCF. The summed E-state index contributed by atoms with van der Waals surface area (Å²) in [6.07, 6.45) is 8.23. The zero-order valence-corrected chi connectivity index (χ0v) is 12.9. The fraction of sp³-hybridized carbons (Fsp3) is 0.875. The third-order valence-electron chi connectivity index (χ3n) is 3.26. The molecule has 0 aliphatic heterocycles. The van der Waals surface area contributed by atoms with Gasteiger partial charge in [-0.3, -0.25) is 18.4 Å². The number of hydrogen-bond donors (Lipinski definition) is 0. The topological polar surface area (TPSA) is 43.4 Å². The van der Waals surface area contributed by atoms with Crippen molar-refractivity contribution >= 4 is 11.9 Å². The molecule has 0 aromatic carbocycles. The predicted molar refractivity (Wildman–Crippen MR) is 78.5 cm³/mol. The van der Waals surface area contributed by atoms with E-state index in [1.807, 2.05) is 0 Å². The summed E-state index contributed by atoms with van der Waals surface area (Å²) in [5.74, 6) is -0.939. The van der Waals surface area contributed by atoms with Crippen LogP contribution in [0.15, 0.2) is 0 Å². The molecule has 5 heteroatoms. The Hall–Kier alpha value is -1.00. The molecule has 0 rings (SSSR count). The molecule has 0 amide bonds. The molecule has 0 bridgehead atoms. The van der Waals surface area contributed by atoms with Crippen LogP contribution in [0.4, 0.5) is 8.78 Å². The molecule has 0 saturated carbocycles. The van der Waals surface area contributed by atoms with Crippen LogP contribution in [0.2, 0.25) is 0 Å². The average molecular weight is 306 g/mol. The van der Waals surface area contributed by atoms with E-state index >= 15 is 0 Å². The highest BCUT2D eigenvalue weighted by molar-refractivity contribution is 5.85. The lowest BCUT2D eigenvalue weighted by atomic mass is 10.1. The Morgan fingerprint density at radius 1 is 0.571 bits per heavy atom. The highest BCUT2D eigenvalue weighted by Gasteiger charge is 2.09. The van der Waals surface area contributed by atoms with Crippen molar-refractivity contribution in [3.05, 3.63) is 0 Å². The van der Waals surface area contributed by atoms with E-state index < -0.39 is 11.9 Å². The van der Waals surface area contributed by atoms with Gasteiger partial charge in [-0.15, -0.1) is 0 Å². The van der Waals surface area contributed by atoms with Gasteiger partial charge in [-0.25, -0.2) is 0 Å². The largest absolute Gasteiger partial charge is 0.393 e. The van der Waals surface area contributed by atoms with Gasteiger partial charge in [0.05, 0.1) is 13.3 Å². The summed E-state index contributed by atoms with van der Waals surface area (Å²) in [4.78, 5) is 22.7. The predicted octanol–water partition coefficient (Wildman–Crippen LogP) is 4.68. The third kappa shape index (κ3) is 15.2. The van der Waals surface area contributed by atoms with Gasteiger partial charge in [-0.1, -0.05) is 38.5 Å². The van der Waals surface area contributed by atoms with E-state index in [0.29, 0.717) is 25.7 Å². The van der Waals surface area contributed by atoms with Gasteiger partial charge in [-0.05, 0) is 25.7 Å². The maximum absolute atomic E-state index is 11.8. The van der Waals surface area contributed by atoms with Crippen molar-refractivity contribution in [3.63, 3.8) is 0 Å². The first-order valence-electron chi connectivity index (χ1n) is 8.06. The fourth-order valence-corrected chi connectivity index (χ4v) is 2.02. The van der Waals surface area contributed by atoms with E-state index in [-0.39, 0.29) is 26.2 Å². The number of unbranched alkanes of at least 4 members (excludes halogenated alkanes) is 8. The summed E-state index contributed by atoms with van der Waals surface area (Å²) in [6.45, 7) is -0.575. The average Bonchev–Trinajstić information content (AvgIpc) is 2.46. The quantitative estimate of drug-likeness (QED) is 0.266. The summed E-state index contributed by atoms with van der Waals surface area (Å²) in [6, 6.07) is 0. The highest BCUT2D eigenvalue weighted by atomic mass is 19.1. The molecule has 0 fully saturated rings. The normalized spacial score (nSPS) is 10.6. The Morgan fingerprint density at radius 3 is 1.29 bits per heavy atom. The van der Waals surface area contributed by atoms with E-state index in [4.69, 9.17) is 4.74 Å². The van der Waals surface area contributed by atoms with E-state index in [0.717, 1.165) is 38.5 Å². The molecule has 0 aromatic heterocycles. The standard InChI is InChI=1S/C16H28F2O3/c17-13-9-5-1-3-7-11-15(19)21-16(20)12-8-4-2-6-10-14-18/h1-14H2. The maximum Gasteiger partial charge on any atom is 0.313 e. The summed E-state index contributed by atoms with van der Waals surface area (Å²) >= 11 is 0. The van der Waals surface area contributed by atoms with Crippen molar-refractivity contribution in [1.82, 2.24) is 0 Å². The molecule has 0 spiro atoms. The number of esters is 2. The van der Waals surface area contributed by atoms with Gasteiger partial charge < -0.3 is 4.74 Å². The number of carbonyl (C=O) groups is 2. The molecule has 0 aliphatic rings. The van der Waals surface area contributed by atoms with Crippen LogP contribution in [0.5, 0.6) is 0 Å². The van der Waals surface area contributed by atoms with Gasteiger partial charge in [0.2, 0.25) is 0 Å². The van der Waals surface area contributed by atoms with E-state index in [1.54, 1.807) is 0 Å². The smallest absolute Gasteiger partial charge is 0.313 e. The van der Waals surface area contributed by atoms with Crippen molar-refractivity contribution in [1.29, 1.82) is 0 Å². The second-order valence-corrected chi connectivity index (χ2v) is 5.26. The third-order valence-corrected chi connectivity index (χ3v) is 3.26. The first-order valence-corrected chi connectivity index (χ1v) is 8.06. The fourth-order valence-electron chi connectivity index (χ4n) is 2.02. The number of rotatable bonds is 14. The Kier molecular flexibility index (Phi) is 14.7. The molecule has 0 atom stereocenters. The number of carbonyl (C=O) groups excluding carboxylic acids is 2. The molecule has 0 N–H and O–H groups in total. The molecule has 0 heterocycles. The van der Waals surface area contributed by atoms with Crippen LogP contribution in [0, 0.1) is 0 Å². The van der Waals surface area contributed by atoms with Gasteiger partial charge in [-0.2, -0.15) is 0 Å². The van der Waals surface area contributed by atoms with Crippen molar-refractivity contribution in [2.24, 2.45) is 0 Å². The summed E-state index contributed by atoms with van der Waals surface area (Å²) in [5, 5.41) is 0. The Balaban J connectivity index is 3.38. The van der Waals surface area contributed by atoms with Crippen molar-refractivity contribution < 1.29 is 23.1 Å². The van der Waals surface area contributed by atoms with E-state index in [9.17, 15) is 18.4 Å². The van der Waals surface area contributed by atoms with Crippen LogP contribution in [0.3, 0.4) is 0 Å². The van der Waals surface area contributed by atoms with E-state index in [2.05, 4.69) is 0 Å². The minimum Gasteiger partial charge on any atom is -0.393 e. The lowest BCUT2D eigenvalue weighted by Crippen LogP contribution is -2.11. The molecule has 0 saturated heterocycles. The first-order chi connectivity index (χ1) is 10.2.